The molecule has 1 saturated heterocycles. The van der Waals surface area contributed by atoms with Crippen LogP contribution in [0, 0.1) is 10.8 Å². The molecule has 0 aromatic heterocycles. The van der Waals surface area contributed by atoms with Crippen molar-refractivity contribution < 1.29 is 23.2 Å². The van der Waals surface area contributed by atoms with Crippen molar-refractivity contribution in [2.45, 2.75) is 0 Å². The molecule has 1 N–H and O–H groups in total. The molecule has 5 nitrogen and oxygen atoms in total. The lowest BCUT2D eigenvalue weighted by Crippen LogP contribution is -2.40. The van der Waals surface area contributed by atoms with Crippen molar-refractivity contribution in [1.29, 1.82) is 0 Å². The Bertz CT molecular complexity index is 326. The van der Waals surface area contributed by atoms with Gasteiger partial charge in [0.15, 0.2) is 0 Å². The second kappa shape index (κ2) is 8.73. The third-order valence-electron chi connectivity index (χ3n) is 3.06. The van der Waals surface area contributed by atoms with Gasteiger partial charge in [0, 0.05) is 32.2 Å². The van der Waals surface area contributed by atoms with Crippen LogP contribution >= 0.6 is 71.5 Å². The highest BCUT2D eigenvalue weighted by Crippen LogP contribution is 2.56. The number of aliphatic hydroxyl groups excluding tert-OH is 1. The summed E-state index contributed by atoms with van der Waals surface area (Å²) in [6.07, 6.45) is 0. The Morgan fingerprint density at radius 1 is 1.15 bits per heavy atom. The van der Waals surface area contributed by atoms with Crippen molar-refractivity contribution in [3.8, 4) is 0 Å². The van der Waals surface area contributed by atoms with Crippen molar-refractivity contribution in [2.75, 3.05) is 47.7 Å². The van der Waals surface area contributed by atoms with Gasteiger partial charge in [-0.05, 0) is 0 Å². The van der Waals surface area contributed by atoms with Gasteiger partial charge in [0.1, 0.15) is 0 Å². The van der Waals surface area contributed by atoms with Crippen molar-refractivity contribution in [2.24, 2.45) is 10.8 Å². The normalized spacial score (nSPS) is 21.9. The largest absolute Gasteiger partial charge is 0.474 e. The summed E-state index contributed by atoms with van der Waals surface area (Å²) >= 11 is 13.5. The van der Waals surface area contributed by atoms with Crippen LogP contribution in [0.4, 0.5) is 0 Å². The van der Waals surface area contributed by atoms with Gasteiger partial charge >= 0.3 is 7.82 Å². The molecule has 1 rings (SSSR count). The summed E-state index contributed by atoms with van der Waals surface area (Å²) in [5, 5.41) is 11.8. The van der Waals surface area contributed by atoms with Gasteiger partial charge in [-0.25, -0.2) is 4.57 Å². The smallest absolute Gasteiger partial charge is 0.396 e. The maximum Gasteiger partial charge on any atom is 0.474 e. The fraction of sp³-hybridized carbons (Fsp3) is 1.00. The van der Waals surface area contributed by atoms with Crippen molar-refractivity contribution in [3.05, 3.63) is 0 Å². The Balaban J connectivity index is 2.59. The zero-order valence-corrected chi connectivity index (χ0v) is 17.9. The summed E-state index contributed by atoms with van der Waals surface area (Å²) in [5.41, 5.74) is -0.792. The maximum atomic E-state index is 12.3. The first-order chi connectivity index (χ1) is 9.42. The standard InChI is InChI=1S/C10H17Br4O5P/c11-1-9(2-12,5-15)6-17-20(16)18-7-10(3-13,4-14)8-19-20/h15H,1-8H2. The summed E-state index contributed by atoms with van der Waals surface area (Å²) in [4.78, 5) is 0. The van der Waals surface area contributed by atoms with Gasteiger partial charge in [0.2, 0.25) is 0 Å². The minimum Gasteiger partial charge on any atom is -0.396 e. The average molecular weight is 568 g/mol. The molecule has 0 radical (unpaired) electrons. The fourth-order valence-corrected chi connectivity index (χ4v) is 5.94. The Hall–Kier alpha value is 1.99. The van der Waals surface area contributed by atoms with Crippen LogP contribution in [0.5, 0.6) is 0 Å². The van der Waals surface area contributed by atoms with Crippen molar-refractivity contribution in [1.82, 2.24) is 0 Å². The first kappa shape index (κ1) is 20.0. The number of rotatable bonds is 8. The fourth-order valence-electron chi connectivity index (χ4n) is 1.23. The lowest BCUT2D eigenvalue weighted by Gasteiger charge is -2.37. The van der Waals surface area contributed by atoms with E-state index in [0.717, 1.165) is 0 Å². The van der Waals surface area contributed by atoms with Gasteiger partial charge in [-0.1, -0.05) is 63.7 Å². The number of phosphoric ester groups is 1. The number of hydrogen-bond donors (Lipinski definition) is 1. The van der Waals surface area contributed by atoms with E-state index in [1.54, 1.807) is 0 Å². The molecule has 20 heavy (non-hydrogen) atoms. The van der Waals surface area contributed by atoms with Crippen LogP contribution < -0.4 is 0 Å². The molecule has 0 amide bonds. The van der Waals surface area contributed by atoms with Crippen molar-refractivity contribution >= 4 is 71.5 Å². The van der Waals surface area contributed by atoms with E-state index in [1.807, 2.05) is 0 Å². The third-order valence-corrected chi connectivity index (χ3v) is 9.15. The van der Waals surface area contributed by atoms with E-state index in [0.29, 0.717) is 21.3 Å². The summed E-state index contributed by atoms with van der Waals surface area (Å²) < 4.78 is 28.4. The Labute approximate surface area is 152 Å². The van der Waals surface area contributed by atoms with E-state index in [4.69, 9.17) is 13.6 Å². The van der Waals surface area contributed by atoms with Gasteiger partial charge in [-0.2, -0.15) is 0 Å². The number of alkyl halides is 4. The predicted molar refractivity (Wildman–Crippen MR) is 92.6 cm³/mol. The molecule has 0 saturated carbocycles. The summed E-state index contributed by atoms with van der Waals surface area (Å²) in [6.45, 7) is 0.550. The summed E-state index contributed by atoms with van der Waals surface area (Å²) in [5.74, 6) is 0. The molecule has 0 spiro atoms. The zero-order valence-electron chi connectivity index (χ0n) is 10.7. The first-order valence-electron chi connectivity index (χ1n) is 5.81. The van der Waals surface area contributed by atoms with Crippen LogP contribution in [0.15, 0.2) is 0 Å². The molecule has 0 aliphatic carbocycles. The molecule has 1 fully saturated rings. The van der Waals surface area contributed by atoms with Crippen LogP contribution in [-0.2, 0) is 18.1 Å². The van der Waals surface area contributed by atoms with Gasteiger partial charge in [0.05, 0.1) is 26.4 Å². The molecule has 0 aromatic carbocycles. The van der Waals surface area contributed by atoms with E-state index < -0.39 is 13.2 Å². The quantitative estimate of drug-likeness (QED) is 0.358. The second-order valence-electron chi connectivity index (χ2n) is 4.96. The monoisotopic (exact) mass is 564 g/mol. The molecule has 10 heteroatoms. The molecule has 1 heterocycles. The van der Waals surface area contributed by atoms with Crippen molar-refractivity contribution in [3.63, 3.8) is 0 Å². The van der Waals surface area contributed by atoms with Crippen LogP contribution in [0.25, 0.3) is 0 Å². The van der Waals surface area contributed by atoms with E-state index in [1.165, 1.54) is 0 Å². The number of halogens is 4. The SMILES string of the molecule is O=P1(OCC(CO)(CBr)CBr)OCC(CBr)(CBr)CO1. The highest BCUT2D eigenvalue weighted by atomic mass is 79.9. The summed E-state index contributed by atoms with van der Waals surface area (Å²) in [7, 11) is -3.55. The Morgan fingerprint density at radius 2 is 1.65 bits per heavy atom. The average Bonchev–Trinajstić information content (AvgIpc) is 2.51. The van der Waals surface area contributed by atoms with E-state index in [9.17, 15) is 9.67 Å². The van der Waals surface area contributed by atoms with Gasteiger partial charge in [0.25, 0.3) is 0 Å². The maximum absolute atomic E-state index is 12.3. The van der Waals surface area contributed by atoms with Crippen LogP contribution in [0.1, 0.15) is 0 Å². The number of phosphoric acid groups is 1. The lowest BCUT2D eigenvalue weighted by molar-refractivity contribution is -0.00722. The topological polar surface area (TPSA) is 65.0 Å². The highest BCUT2D eigenvalue weighted by molar-refractivity contribution is 9.10. The van der Waals surface area contributed by atoms with Gasteiger partial charge in [-0.3, -0.25) is 13.6 Å². The van der Waals surface area contributed by atoms with Gasteiger partial charge < -0.3 is 5.11 Å². The van der Waals surface area contributed by atoms with Gasteiger partial charge in [-0.15, -0.1) is 0 Å². The molecular formula is C10H17Br4O5P. The van der Waals surface area contributed by atoms with Crippen LogP contribution in [0.3, 0.4) is 0 Å². The highest BCUT2D eigenvalue weighted by Gasteiger charge is 2.43. The van der Waals surface area contributed by atoms with Crippen LogP contribution in [0.2, 0.25) is 0 Å². The molecule has 120 valence electrons. The lowest BCUT2D eigenvalue weighted by atomic mass is 9.96. The molecule has 0 bridgehead atoms. The van der Waals surface area contributed by atoms with E-state index in [2.05, 4.69) is 63.7 Å². The molecular weight excluding hydrogens is 551 g/mol. The molecule has 1 aliphatic rings. The predicted octanol–water partition coefficient (Wildman–Crippen LogP) is 3.70. The minimum absolute atomic E-state index is 0.0763. The molecule has 0 atom stereocenters. The number of aliphatic hydroxyl groups is 1. The molecule has 0 aromatic rings. The first-order valence-corrected chi connectivity index (χ1v) is 11.8. The van der Waals surface area contributed by atoms with Crippen LogP contribution in [-0.4, -0.2) is 52.9 Å². The number of hydrogen-bond acceptors (Lipinski definition) is 5. The second-order valence-corrected chi connectivity index (χ2v) is 8.87. The molecule has 1 aliphatic heterocycles. The van der Waals surface area contributed by atoms with E-state index in [-0.39, 0.29) is 31.8 Å². The molecule has 0 unspecified atom stereocenters. The Morgan fingerprint density at radius 3 is 2.00 bits per heavy atom. The Kier molecular flexibility index (Phi) is 8.75. The third kappa shape index (κ3) is 4.99. The van der Waals surface area contributed by atoms with E-state index >= 15 is 0 Å². The minimum atomic E-state index is -3.55. The summed E-state index contributed by atoms with van der Waals surface area (Å²) in [6, 6.07) is 0. The zero-order chi connectivity index (χ0) is 15.3.